The fourth-order valence-corrected chi connectivity index (χ4v) is 2.75. The molecule has 2 heterocycles. The van der Waals surface area contributed by atoms with Gasteiger partial charge in [0, 0.05) is 30.6 Å². The molecule has 0 spiro atoms. The molecule has 22 heavy (non-hydrogen) atoms. The largest absolute Gasteiger partial charge is 0.467 e. The van der Waals surface area contributed by atoms with Crippen molar-refractivity contribution in [2.45, 2.75) is 25.8 Å². The Bertz CT molecular complexity index is 757. The van der Waals surface area contributed by atoms with Gasteiger partial charge >= 0.3 is 0 Å². The fraction of sp³-hybridized carbons (Fsp3) is 0.278. The first kappa shape index (κ1) is 14.4. The van der Waals surface area contributed by atoms with Gasteiger partial charge in [-0.3, -0.25) is 4.79 Å². The zero-order valence-electron chi connectivity index (χ0n) is 12.7. The maximum absolute atomic E-state index is 11.8. The molecule has 0 radical (unpaired) electrons. The lowest BCUT2D eigenvalue weighted by molar-refractivity contribution is -0.121. The van der Waals surface area contributed by atoms with Crippen molar-refractivity contribution in [2.75, 3.05) is 0 Å². The maximum atomic E-state index is 11.8. The van der Waals surface area contributed by atoms with Crippen LogP contribution < -0.4 is 5.32 Å². The number of para-hydroxylation sites is 1. The summed E-state index contributed by atoms with van der Waals surface area (Å²) in [7, 11) is 2.06. The van der Waals surface area contributed by atoms with E-state index in [9.17, 15) is 4.79 Å². The molecule has 2 aromatic heterocycles. The van der Waals surface area contributed by atoms with Gasteiger partial charge in [0.25, 0.3) is 0 Å². The highest BCUT2D eigenvalue weighted by atomic mass is 16.3. The molecule has 0 saturated carbocycles. The summed E-state index contributed by atoms with van der Waals surface area (Å²) >= 11 is 0. The first-order valence-corrected chi connectivity index (χ1v) is 7.56. The summed E-state index contributed by atoms with van der Waals surface area (Å²) < 4.78 is 7.33. The Hall–Kier alpha value is -2.49. The van der Waals surface area contributed by atoms with Gasteiger partial charge in [-0.25, -0.2) is 0 Å². The Labute approximate surface area is 129 Å². The van der Waals surface area contributed by atoms with Crippen molar-refractivity contribution in [1.82, 2.24) is 9.88 Å². The second-order valence-electron chi connectivity index (χ2n) is 5.49. The van der Waals surface area contributed by atoms with E-state index in [0.717, 1.165) is 18.6 Å². The average Bonchev–Trinajstić information content (AvgIpc) is 3.15. The van der Waals surface area contributed by atoms with Gasteiger partial charge in [-0.1, -0.05) is 18.2 Å². The van der Waals surface area contributed by atoms with Crippen LogP contribution in [0.2, 0.25) is 0 Å². The lowest BCUT2D eigenvalue weighted by Crippen LogP contribution is -2.22. The molecule has 0 aliphatic carbocycles. The minimum Gasteiger partial charge on any atom is -0.467 e. The van der Waals surface area contributed by atoms with Crippen LogP contribution in [0.25, 0.3) is 10.9 Å². The topological polar surface area (TPSA) is 47.2 Å². The molecule has 1 amide bonds. The summed E-state index contributed by atoms with van der Waals surface area (Å²) in [5.74, 6) is 0.846. The number of amides is 1. The molecule has 1 N–H and O–H groups in total. The van der Waals surface area contributed by atoms with Gasteiger partial charge in [0.05, 0.1) is 12.8 Å². The molecule has 0 saturated heterocycles. The van der Waals surface area contributed by atoms with Gasteiger partial charge in [-0.15, -0.1) is 0 Å². The summed E-state index contributed by atoms with van der Waals surface area (Å²) in [6, 6.07) is 12.0. The summed E-state index contributed by atoms with van der Waals surface area (Å²) in [6.45, 7) is 0.458. The second kappa shape index (κ2) is 6.52. The number of carbonyl (C=O) groups excluding carboxylic acids is 1. The van der Waals surface area contributed by atoms with Crippen molar-refractivity contribution in [1.29, 1.82) is 0 Å². The molecule has 0 fully saturated rings. The Balaban J connectivity index is 1.51. The number of nitrogens with one attached hydrogen (secondary N) is 1. The van der Waals surface area contributed by atoms with Crippen LogP contribution in [-0.4, -0.2) is 10.5 Å². The molecule has 3 aromatic rings. The number of hydrogen-bond acceptors (Lipinski definition) is 2. The van der Waals surface area contributed by atoms with Crippen molar-refractivity contribution < 1.29 is 9.21 Å². The van der Waals surface area contributed by atoms with E-state index in [0.29, 0.717) is 13.0 Å². The van der Waals surface area contributed by atoms with Gasteiger partial charge in [0.15, 0.2) is 0 Å². The SMILES string of the molecule is Cn1cc(CCCC(=O)NCc2ccco2)c2ccccc21. The predicted octanol–water partition coefficient (Wildman–Crippen LogP) is 3.41. The van der Waals surface area contributed by atoms with Crippen LogP contribution in [0.5, 0.6) is 0 Å². The van der Waals surface area contributed by atoms with Crippen molar-refractivity contribution >= 4 is 16.8 Å². The van der Waals surface area contributed by atoms with E-state index in [4.69, 9.17) is 4.42 Å². The summed E-state index contributed by atoms with van der Waals surface area (Å²) in [5.41, 5.74) is 2.54. The Morgan fingerprint density at radius 1 is 1.23 bits per heavy atom. The highest BCUT2D eigenvalue weighted by Crippen LogP contribution is 2.21. The van der Waals surface area contributed by atoms with Gasteiger partial charge in [0.2, 0.25) is 5.91 Å². The minimum absolute atomic E-state index is 0.0663. The number of carbonyl (C=O) groups is 1. The zero-order chi connectivity index (χ0) is 15.4. The Morgan fingerprint density at radius 2 is 2.09 bits per heavy atom. The van der Waals surface area contributed by atoms with Gasteiger partial charge in [-0.05, 0) is 36.6 Å². The van der Waals surface area contributed by atoms with Crippen LogP contribution in [0, 0.1) is 0 Å². The van der Waals surface area contributed by atoms with Crippen LogP contribution in [0.1, 0.15) is 24.2 Å². The molecular weight excluding hydrogens is 276 g/mol. The van der Waals surface area contributed by atoms with Crippen molar-refractivity contribution in [3.8, 4) is 0 Å². The molecule has 0 unspecified atom stereocenters. The Morgan fingerprint density at radius 3 is 2.91 bits per heavy atom. The third kappa shape index (κ3) is 3.22. The molecule has 114 valence electrons. The standard InChI is InChI=1S/C18H20N2O2/c1-20-13-14(16-8-2-3-9-17(16)20)6-4-10-18(21)19-12-15-7-5-11-22-15/h2-3,5,7-9,11,13H,4,6,10,12H2,1H3,(H,19,21). The number of nitrogens with zero attached hydrogens (tertiary/aromatic N) is 1. The number of rotatable bonds is 6. The van der Waals surface area contributed by atoms with Gasteiger partial charge in [-0.2, -0.15) is 0 Å². The molecular formula is C18H20N2O2. The fourth-order valence-electron chi connectivity index (χ4n) is 2.75. The van der Waals surface area contributed by atoms with Gasteiger partial charge in [0.1, 0.15) is 5.76 Å². The first-order valence-electron chi connectivity index (χ1n) is 7.56. The van der Waals surface area contributed by atoms with E-state index in [-0.39, 0.29) is 5.91 Å². The number of fused-ring (bicyclic) bond motifs is 1. The third-order valence-electron chi connectivity index (χ3n) is 3.87. The molecule has 1 aromatic carbocycles. The number of aryl methyl sites for hydroxylation is 2. The molecule has 3 rings (SSSR count). The zero-order valence-corrected chi connectivity index (χ0v) is 12.7. The molecule has 0 aliphatic rings. The van der Waals surface area contributed by atoms with E-state index in [1.807, 2.05) is 18.2 Å². The van der Waals surface area contributed by atoms with Crippen molar-refractivity contribution in [3.05, 3.63) is 60.2 Å². The highest BCUT2D eigenvalue weighted by Gasteiger charge is 2.07. The van der Waals surface area contributed by atoms with E-state index in [2.05, 4.69) is 41.3 Å². The number of aromatic nitrogens is 1. The summed E-state index contributed by atoms with van der Waals surface area (Å²) in [6.07, 6.45) is 6.06. The number of benzene rings is 1. The third-order valence-corrected chi connectivity index (χ3v) is 3.87. The lowest BCUT2D eigenvalue weighted by Gasteiger charge is -2.03. The summed E-state index contributed by atoms with van der Waals surface area (Å²) in [4.78, 5) is 11.8. The predicted molar refractivity (Wildman–Crippen MR) is 86.4 cm³/mol. The smallest absolute Gasteiger partial charge is 0.220 e. The van der Waals surface area contributed by atoms with E-state index in [1.165, 1.54) is 16.5 Å². The normalized spacial score (nSPS) is 11.0. The highest BCUT2D eigenvalue weighted by molar-refractivity contribution is 5.84. The molecule has 4 heteroatoms. The van der Waals surface area contributed by atoms with Crippen molar-refractivity contribution in [3.63, 3.8) is 0 Å². The molecule has 4 nitrogen and oxygen atoms in total. The van der Waals surface area contributed by atoms with Crippen LogP contribution in [0.4, 0.5) is 0 Å². The minimum atomic E-state index is 0.0663. The van der Waals surface area contributed by atoms with Crippen LogP contribution in [-0.2, 0) is 24.8 Å². The van der Waals surface area contributed by atoms with Crippen molar-refractivity contribution in [2.24, 2.45) is 7.05 Å². The van der Waals surface area contributed by atoms with Crippen LogP contribution >= 0.6 is 0 Å². The van der Waals surface area contributed by atoms with E-state index in [1.54, 1.807) is 6.26 Å². The maximum Gasteiger partial charge on any atom is 0.220 e. The average molecular weight is 296 g/mol. The van der Waals surface area contributed by atoms with Crippen LogP contribution in [0.15, 0.2) is 53.3 Å². The Kier molecular flexibility index (Phi) is 4.28. The molecule has 0 bridgehead atoms. The summed E-state index contributed by atoms with van der Waals surface area (Å²) in [5, 5.41) is 4.15. The molecule has 0 atom stereocenters. The van der Waals surface area contributed by atoms with Gasteiger partial charge < -0.3 is 14.3 Å². The van der Waals surface area contributed by atoms with E-state index >= 15 is 0 Å². The monoisotopic (exact) mass is 296 g/mol. The first-order chi connectivity index (χ1) is 10.7. The number of hydrogen-bond donors (Lipinski definition) is 1. The quantitative estimate of drug-likeness (QED) is 0.757. The lowest BCUT2D eigenvalue weighted by atomic mass is 10.1. The van der Waals surface area contributed by atoms with E-state index < -0.39 is 0 Å². The molecule has 0 aliphatic heterocycles. The number of furan rings is 1. The second-order valence-corrected chi connectivity index (χ2v) is 5.49. The van der Waals surface area contributed by atoms with Crippen LogP contribution in [0.3, 0.4) is 0 Å².